The lowest BCUT2D eigenvalue weighted by Gasteiger charge is -2.10. The molecule has 0 bridgehead atoms. The van der Waals surface area contributed by atoms with Gasteiger partial charge in [0.15, 0.2) is 0 Å². The van der Waals surface area contributed by atoms with E-state index in [1.165, 1.54) is 11.0 Å². The predicted molar refractivity (Wildman–Crippen MR) is 95.3 cm³/mol. The zero-order valence-corrected chi connectivity index (χ0v) is 14.2. The van der Waals surface area contributed by atoms with Gasteiger partial charge in [-0.15, -0.1) is 5.10 Å². The van der Waals surface area contributed by atoms with Gasteiger partial charge in [-0.1, -0.05) is 36.4 Å². The topological polar surface area (TPSA) is 80.0 Å². The summed E-state index contributed by atoms with van der Waals surface area (Å²) in [5.74, 6) is -0.310. The summed E-state index contributed by atoms with van der Waals surface area (Å²) in [6, 6.07) is 15.0. The summed E-state index contributed by atoms with van der Waals surface area (Å²) in [6.45, 7) is 4.24. The molecule has 1 atom stereocenters. The Morgan fingerprint density at radius 1 is 1.16 bits per heavy atom. The highest BCUT2D eigenvalue weighted by Gasteiger charge is 2.14. The molecule has 0 spiro atoms. The van der Waals surface area contributed by atoms with Crippen molar-refractivity contribution in [2.45, 2.75) is 26.5 Å². The number of aliphatic hydroxyl groups excluding tert-OH is 1. The van der Waals surface area contributed by atoms with Crippen molar-refractivity contribution >= 4 is 11.6 Å². The number of nitrogens with one attached hydrogen (secondary N) is 1. The van der Waals surface area contributed by atoms with E-state index in [1.54, 1.807) is 0 Å². The minimum atomic E-state index is -0.710. The maximum atomic E-state index is 12.3. The average Bonchev–Trinajstić information content (AvgIpc) is 3.07. The fourth-order valence-corrected chi connectivity index (χ4v) is 2.45. The van der Waals surface area contributed by atoms with Gasteiger partial charge in [-0.25, -0.2) is 9.67 Å². The van der Waals surface area contributed by atoms with Crippen LogP contribution in [0.4, 0.5) is 5.69 Å². The molecule has 6 heteroatoms. The maximum absolute atomic E-state index is 12.3. The van der Waals surface area contributed by atoms with Crippen LogP contribution in [-0.4, -0.2) is 25.8 Å². The van der Waals surface area contributed by atoms with Crippen LogP contribution in [0.1, 0.15) is 33.4 Å². The van der Waals surface area contributed by atoms with Crippen molar-refractivity contribution in [3.63, 3.8) is 0 Å². The Balaban J connectivity index is 1.66. The second kappa shape index (κ2) is 7.27. The van der Waals surface area contributed by atoms with Crippen molar-refractivity contribution in [1.29, 1.82) is 0 Å². The molecule has 25 heavy (non-hydrogen) atoms. The van der Waals surface area contributed by atoms with E-state index in [0.717, 1.165) is 16.7 Å². The third-order valence-electron chi connectivity index (χ3n) is 4.05. The summed E-state index contributed by atoms with van der Waals surface area (Å²) in [7, 11) is 0. The van der Waals surface area contributed by atoms with Gasteiger partial charge in [-0.2, -0.15) is 0 Å². The normalized spacial score (nSPS) is 12.0. The van der Waals surface area contributed by atoms with Crippen LogP contribution in [0.15, 0.2) is 54.9 Å². The standard InChI is InChI=1S/C19H20N4O2/c1-13-8-9-16(10-14(13)2)21-19(25)18-20-12-23(22-18)11-17(24)15-6-4-3-5-7-15/h3-10,12,17,24H,11H2,1-2H3,(H,21,25)/t17-/m0/s1. The Hall–Kier alpha value is -2.99. The smallest absolute Gasteiger partial charge is 0.295 e. The van der Waals surface area contributed by atoms with Gasteiger partial charge >= 0.3 is 0 Å². The lowest BCUT2D eigenvalue weighted by atomic mass is 10.1. The maximum Gasteiger partial charge on any atom is 0.295 e. The number of aryl methyl sites for hydroxylation is 2. The molecule has 0 radical (unpaired) electrons. The van der Waals surface area contributed by atoms with Gasteiger partial charge in [-0.05, 0) is 42.7 Å². The van der Waals surface area contributed by atoms with Gasteiger partial charge in [0.2, 0.25) is 5.82 Å². The molecular formula is C19H20N4O2. The Bertz CT molecular complexity index is 874. The number of amides is 1. The van der Waals surface area contributed by atoms with Crippen LogP contribution in [0.5, 0.6) is 0 Å². The SMILES string of the molecule is Cc1ccc(NC(=O)c2ncn(C[C@H](O)c3ccccc3)n2)cc1C. The summed E-state index contributed by atoms with van der Waals surface area (Å²) in [6.07, 6.45) is 0.736. The predicted octanol–water partition coefficient (Wildman–Crippen LogP) is 2.88. The van der Waals surface area contributed by atoms with Crippen molar-refractivity contribution in [3.05, 3.63) is 77.4 Å². The van der Waals surface area contributed by atoms with E-state index in [-0.39, 0.29) is 18.3 Å². The summed E-state index contributed by atoms with van der Waals surface area (Å²) in [5.41, 5.74) is 3.76. The number of benzene rings is 2. The number of carbonyl (C=O) groups is 1. The number of aromatic nitrogens is 3. The molecule has 0 aliphatic carbocycles. The lowest BCUT2D eigenvalue weighted by molar-refractivity contribution is 0.101. The molecule has 1 heterocycles. The number of hydrogen-bond donors (Lipinski definition) is 2. The summed E-state index contributed by atoms with van der Waals surface area (Å²) >= 11 is 0. The number of hydrogen-bond acceptors (Lipinski definition) is 4. The van der Waals surface area contributed by atoms with E-state index >= 15 is 0 Å². The van der Waals surface area contributed by atoms with Crippen LogP contribution in [0, 0.1) is 13.8 Å². The van der Waals surface area contributed by atoms with Crippen LogP contribution < -0.4 is 5.32 Å². The van der Waals surface area contributed by atoms with Crippen LogP contribution >= 0.6 is 0 Å². The number of aliphatic hydroxyl groups is 1. The van der Waals surface area contributed by atoms with Gasteiger partial charge in [-0.3, -0.25) is 4.79 Å². The Morgan fingerprint density at radius 3 is 2.64 bits per heavy atom. The molecule has 1 aromatic heterocycles. The monoisotopic (exact) mass is 336 g/mol. The van der Waals surface area contributed by atoms with Crippen LogP contribution in [0.2, 0.25) is 0 Å². The quantitative estimate of drug-likeness (QED) is 0.751. The molecule has 2 N–H and O–H groups in total. The molecule has 0 aliphatic rings. The molecule has 0 aliphatic heterocycles. The molecule has 0 saturated heterocycles. The number of carbonyl (C=O) groups excluding carboxylic acids is 1. The number of nitrogens with zero attached hydrogens (tertiary/aromatic N) is 3. The van der Waals surface area contributed by atoms with Gasteiger partial charge in [0.05, 0.1) is 12.6 Å². The first-order valence-electron chi connectivity index (χ1n) is 8.04. The zero-order valence-electron chi connectivity index (χ0n) is 14.2. The Labute approximate surface area is 146 Å². The third kappa shape index (κ3) is 4.10. The minimum absolute atomic E-state index is 0.0680. The molecule has 0 saturated carbocycles. The summed E-state index contributed by atoms with van der Waals surface area (Å²) in [5, 5.41) is 17.2. The van der Waals surface area contributed by atoms with Crippen molar-refractivity contribution in [1.82, 2.24) is 14.8 Å². The van der Waals surface area contributed by atoms with E-state index in [0.29, 0.717) is 5.69 Å². The van der Waals surface area contributed by atoms with Gasteiger partial charge in [0, 0.05) is 5.69 Å². The molecule has 6 nitrogen and oxygen atoms in total. The van der Waals surface area contributed by atoms with E-state index in [1.807, 2.05) is 62.4 Å². The largest absolute Gasteiger partial charge is 0.386 e. The first kappa shape index (κ1) is 16.9. The highest BCUT2D eigenvalue weighted by molar-refractivity contribution is 6.01. The number of rotatable bonds is 5. The van der Waals surface area contributed by atoms with Gasteiger partial charge in [0.25, 0.3) is 5.91 Å². The van der Waals surface area contributed by atoms with Gasteiger partial charge < -0.3 is 10.4 Å². The summed E-state index contributed by atoms with van der Waals surface area (Å²) in [4.78, 5) is 16.3. The highest BCUT2D eigenvalue weighted by Crippen LogP contribution is 2.16. The molecule has 3 aromatic rings. The fraction of sp³-hybridized carbons (Fsp3) is 0.211. The number of anilines is 1. The minimum Gasteiger partial charge on any atom is -0.386 e. The first-order valence-corrected chi connectivity index (χ1v) is 8.04. The second-order valence-corrected chi connectivity index (χ2v) is 5.97. The first-order chi connectivity index (χ1) is 12.0. The molecule has 2 aromatic carbocycles. The van der Waals surface area contributed by atoms with Crippen molar-refractivity contribution in [2.75, 3.05) is 5.32 Å². The van der Waals surface area contributed by atoms with E-state index in [4.69, 9.17) is 0 Å². The van der Waals surface area contributed by atoms with E-state index in [2.05, 4.69) is 15.4 Å². The highest BCUT2D eigenvalue weighted by atomic mass is 16.3. The van der Waals surface area contributed by atoms with Gasteiger partial charge in [0.1, 0.15) is 6.33 Å². The fourth-order valence-electron chi connectivity index (χ4n) is 2.45. The zero-order chi connectivity index (χ0) is 17.8. The van der Waals surface area contributed by atoms with Crippen molar-refractivity contribution in [2.24, 2.45) is 0 Å². The van der Waals surface area contributed by atoms with Crippen LogP contribution in [-0.2, 0) is 6.54 Å². The Morgan fingerprint density at radius 2 is 1.92 bits per heavy atom. The lowest BCUT2D eigenvalue weighted by Crippen LogP contribution is -2.15. The molecule has 128 valence electrons. The Kier molecular flexibility index (Phi) is 4.90. The molecule has 0 unspecified atom stereocenters. The summed E-state index contributed by atoms with van der Waals surface area (Å²) < 4.78 is 1.47. The average molecular weight is 336 g/mol. The molecular weight excluding hydrogens is 316 g/mol. The van der Waals surface area contributed by atoms with Crippen molar-refractivity contribution < 1.29 is 9.90 Å². The third-order valence-corrected chi connectivity index (χ3v) is 4.05. The molecule has 3 rings (SSSR count). The molecule has 1 amide bonds. The van der Waals surface area contributed by atoms with E-state index in [9.17, 15) is 9.90 Å². The second-order valence-electron chi connectivity index (χ2n) is 5.97. The van der Waals surface area contributed by atoms with Crippen molar-refractivity contribution in [3.8, 4) is 0 Å². The van der Waals surface area contributed by atoms with Crippen LogP contribution in [0.25, 0.3) is 0 Å². The molecule has 0 fully saturated rings. The van der Waals surface area contributed by atoms with Crippen LogP contribution in [0.3, 0.4) is 0 Å². The van der Waals surface area contributed by atoms with E-state index < -0.39 is 6.10 Å².